The minimum Gasteiger partial charge on any atom is -0.508 e. The highest BCUT2D eigenvalue weighted by molar-refractivity contribution is 6.09. The van der Waals surface area contributed by atoms with Gasteiger partial charge in [0.05, 0.1) is 50.5 Å². The van der Waals surface area contributed by atoms with Gasteiger partial charge in [-0.15, -0.1) is 0 Å². The lowest BCUT2D eigenvalue weighted by Crippen LogP contribution is -2.39. The smallest absolute Gasteiger partial charge is 0.336 e. The van der Waals surface area contributed by atoms with Gasteiger partial charge in [-0.3, -0.25) is 28.9 Å². The molecule has 0 fully saturated rings. The molecular weight excluding hydrogens is 738 g/mol. The number of phenols is 1. The number of amides is 2. The second kappa shape index (κ2) is 18.8. The summed E-state index contributed by atoms with van der Waals surface area (Å²) >= 11 is 0. The van der Waals surface area contributed by atoms with E-state index in [9.17, 15) is 33.9 Å². The number of phenolic OH excluding ortho intramolecular Hbond substituents is 1. The lowest BCUT2D eigenvalue weighted by Gasteiger charge is -2.23. The number of aliphatic carboxylic acids is 1. The van der Waals surface area contributed by atoms with E-state index in [1.807, 2.05) is 24.3 Å². The van der Waals surface area contributed by atoms with E-state index in [0.717, 1.165) is 21.2 Å². The SMILES string of the molecule is COc1ccc(CC(=O)O)c(C(=O)O)c1.COc1ccc2c(c1)C(=O)N(C)C(=O)C2.COc1ccc2ccn(C)c(=O)c2c1.Cn1ccc2ccc(O)cc2c1=O. The average molecular weight is 780 g/mol. The largest absolute Gasteiger partial charge is 0.508 e. The van der Waals surface area contributed by atoms with Gasteiger partial charge in [0.25, 0.3) is 17.0 Å². The van der Waals surface area contributed by atoms with Gasteiger partial charge in [-0.25, -0.2) is 4.79 Å². The minimum absolute atomic E-state index is 0.00130. The summed E-state index contributed by atoms with van der Waals surface area (Å²) in [6, 6.07) is 23.5. The summed E-state index contributed by atoms with van der Waals surface area (Å²) < 4.78 is 18.0. The van der Waals surface area contributed by atoms with Crippen molar-refractivity contribution in [1.29, 1.82) is 0 Å². The van der Waals surface area contributed by atoms with Crippen LogP contribution in [-0.2, 0) is 36.5 Å². The molecule has 1 aliphatic rings. The standard InChI is InChI=1S/C11H11NO3.C11H11NO2.C10H9NO2.C10H10O5/c1-12-10(13)5-7-3-4-8(15-2)6-9(7)11(12)14;1-12-6-5-8-3-4-9(14-2)7-10(8)11(12)13;1-11-5-4-7-2-3-8(12)6-9(7)10(11)13;1-15-7-3-2-6(4-9(11)12)8(5-7)10(13)14/h3-4,6H,5H2,1-2H3;3-7H,1-2H3;2-6,12H,1H3;2-3,5H,4H2,1H3,(H,11,12)(H,13,14). The molecule has 15 heteroatoms. The molecule has 4 aromatic carbocycles. The van der Waals surface area contributed by atoms with Crippen molar-refractivity contribution in [1.82, 2.24) is 14.0 Å². The number of hydrogen-bond donors (Lipinski definition) is 3. The Morgan fingerprint density at radius 2 is 1.16 bits per heavy atom. The van der Waals surface area contributed by atoms with E-state index in [2.05, 4.69) is 0 Å². The lowest BCUT2D eigenvalue weighted by atomic mass is 9.98. The van der Waals surface area contributed by atoms with Gasteiger partial charge < -0.3 is 38.7 Å². The molecule has 0 saturated heterocycles. The molecule has 0 unspecified atom stereocenters. The number of fused-ring (bicyclic) bond motifs is 3. The molecule has 15 nitrogen and oxygen atoms in total. The van der Waals surface area contributed by atoms with Crippen LogP contribution in [0.5, 0.6) is 23.0 Å². The first kappa shape index (κ1) is 42.3. The van der Waals surface area contributed by atoms with Gasteiger partial charge in [-0.2, -0.15) is 0 Å². The summed E-state index contributed by atoms with van der Waals surface area (Å²) in [6.07, 6.45) is 3.44. The van der Waals surface area contributed by atoms with E-state index in [0.29, 0.717) is 33.6 Å². The number of carboxylic acid groups (broad SMARTS) is 2. The third-order valence-corrected chi connectivity index (χ3v) is 8.81. The third kappa shape index (κ3) is 10.4. The van der Waals surface area contributed by atoms with Crippen molar-refractivity contribution >= 4 is 45.3 Å². The number of aromatic hydroxyl groups is 1. The van der Waals surface area contributed by atoms with Gasteiger partial charge in [-0.1, -0.05) is 24.3 Å². The number of aromatic nitrogens is 2. The predicted octanol–water partition coefficient (Wildman–Crippen LogP) is 4.66. The Balaban J connectivity index is 0.000000169. The van der Waals surface area contributed by atoms with Crippen molar-refractivity contribution in [2.24, 2.45) is 14.1 Å². The number of hydrogen-bond acceptors (Lipinski definition) is 10. The first-order valence-electron chi connectivity index (χ1n) is 17.1. The number of carbonyl (C=O) groups is 4. The number of ether oxygens (including phenoxy) is 3. The Morgan fingerprint density at radius 1 is 0.649 bits per heavy atom. The van der Waals surface area contributed by atoms with Gasteiger partial charge in [0.15, 0.2) is 0 Å². The second-order valence-electron chi connectivity index (χ2n) is 12.5. The summed E-state index contributed by atoms with van der Waals surface area (Å²) in [5.74, 6) is -0.811. The first-order valence-corrected chi connectivity index (χ1v) is 17.1. The number of imide groups is 1. The Morgan fingerprint density at radius 3 is 1.72 bits per heavy atom. The topological polar surface area (TPSA) is 204 Å². The zero-order valence-corrected chi connectivity index (χ0v) is 32.0. The Kier molecular flexibility index (Phi) is 13.9. The van der Waals surface area contributed by atoms with E-state index in [4.69, 9.17) is 24.4 Å². The molecule has 3 heterocycles. The monoisotopic (exact) mass is 779 g/mol. The molecule has 0 atom stereocenters. The highest BCUT2D eigenvalue weighted by atomic mass is 16.5. The van der Waals surface area contributed by atoms with Gasteiger partial charge in [-0.05, 0) is 82.6 Å². The Bertz CT molecular complexity index is 2590. The molecule has 2 aromatic heterocycles. The zero-order chi connectivity index (χ0) is 42.0. The number of nitrogens with zero attached hydrogens (tertiary/aromatic N) is 3. The van der Waals surface area contributed by atoms with Gasteiger partial charge in [0.2, 0.25) is 5.91 Å². The van der Waals surface area contributed by atoms with Crippen LogP contribution in [0.25, 0.3) is 21.5 Å². The summed E-state index contributed by atoms with van der Waals surface area (Å²) in [7, 11) is 9.47. The van der Waals surface area contributed by atoms with Crippen molar-refractivity contribution in [2.45, 2.75) is 12.8 Å². The number of benzene rings is 4. The molecule has 0 spiro atoms. The third-order valence-electron chi connectivity index (χ3n) is 8.81. The molecule has 296 valence electrons. The van der Waals surface area contributed by atoms with Crippen molar-refractivity contribution in [3.63, 3.8) is 0 Å². The van der Waals surface area contributed by atoms with Crippen LogP contribution < -0.4 is 25.3 Å². The fourth-order valence-electron chi connectivity index (χ4n) is 5.58. The average Bonchev–Trinajstić information content (AvgIpc) is 3.20. The maximum absolute atomic E-state index is 11.7. The summed E-state index contributed by atoms with van der Waals surface area (Å²) in [5, 5.41) is 29.6. The van der Waals surface area contributed by atoms with Crippen LogP contribution in [0, 0.1) is 0 Å². The number of aromatic carboxylic acids is 1. The zero-order valence-electron chi connectivity index (χ0n) is 32.0. The van der Waals surface area contributed by atoms with Crippen molar-refractivity contribution in [2.75, 3.05) is 28.4 Å². The van der Waals surface area contributed by atoms with Crippen LogP contribution in [-0.4, -0.2) is 81.5 Å². The molecular formula is C42H41N3O12. The van der Waals surface area contributed by atoms with E-state index in [1.54, 1.807) is 81.7 Å². The van der Waals surface area contributed by atoms with E-state index < -0.39 is 11.9 Å². The van der Waals surface area contributed by atoms with E-state index >= 15 is 0 Å². The minimum atomic E-state index is -1.16. The van der Waals surface area contributed by atoms with Crippen molar-refractivity contribution in [3.05, 3.63) is 140 Å². The molecule has 1 aliphatic heterocycles. The molecule has 0 radical (unpaired) electrons. The molecule has 6 aromatic rings. The predicted molar refractivity (Wildman–Crippen MR) is 212 cm³/mol. The highest BCUT2D eigenvalue weighted by Crippen LogP contribution is 2.24. The number of carboxylic acids is 2. The maximum atomic E-state index is 11.7. The van der Waals surface area contributed by atoms with Gasteiger partial charge in [0.1, 0.15) is 23.0 Å². The number of rotatable bonds is 6. The lowest BCUT2D eigenvalue weighted by molar-refractivity contribution is -0.136. The molecule has 0 bridgehead atoms. The Hall–Kier alpha value is -7.42. The number of carbonyl (C=O) groups excluding carboxylic acids is 2. The molecule has 2 amide bonds. The summed E-state index contributed by atoms with van der Waals surface area (Å²) in [5.41, 5.74) is 1.45. The van der Waals surface area contributed by atoms with Crippen molar-refractivity contribution < 1.29 is 48.7 Å². The quantitative estimate of drug-likeness (QED) is 0.198. The summed E-state index contributed by atoms with van der Waals surface area (Å²) in [4.78, 5) is 68.8. The number of methoxy groups -OCH3 is 3. The number of pyridine rings is 2. The van der Waals surface area contributed by atoms with Crippen LogP contribution >= 0.6 is 0 Å². The number of aryl methyl sites for hydroxylation is 2. The fraction of sp³-hybridized carbons (Fsp3) is 0.190. The van der Waals surface area contributed by atoms with Gasteiger partial charge in [0, 0.05) is 39.1 Å². The first-order chi connectivity index (χ1) is 27.1. The summed E-state index contributed by atoms with van der Waals surface area (Å²) in [6.45, 7) is 0. The van der Waals surface area contributed by atoms with Crippen LogP contribution in [0.4, 0.5) is 0 Å². The van der Waals surface area contributed by atoms with Crippen LogP contribution in [0.2, 0.25) is 0 Å². The second-order valence-corrected chi connectivity index (χ2v) is 12.5. The molecule has 3 N–H and O–H groups in total. The molecule has 7 rings (SSSR count). The van der Waals surface area contributed by atoms with Crippen LogP contribution in [0.15, 0.2) is 107 Å². The Labute approximate surface area is 326 Å². The van der Waals surface area contributed by atoms with Crippen molar-refractivity contribution in [3.8, 4) is 23.0 Å². The van der Waals surface area contributed by atoms with Crippen LogP contribution in [0.3, 0.4) is 0 Å². The van der Waals surface area contributed by atoms with E-state index in [-0.39, 0.29) is 52.7 Å². The van der Waals surface area contributed by atoms with Crippen LogP contribution in [0.1, 0.15) is 31.8 Å². The maximum Gasteiger partial charge on any atom is 0.336 e. The highest BCUT2D eigenvalue weighted by Gasteiger charge is 2.28. The number of likely N-dealkylation sites (N-methyl/N-ethyl adjacent to an activating group) is 1. The molecule has 0 saturated carbocycles. The molecule has 0 aliphatic carbocycles. The molecule has 57 heavy (non-hydrogen) atoms. The normalized spacial score (nSPS) is 11.5. The van der Waals surface area contributed by atoms with Gasteiger partial charge >= 0.3 is 11.9 Å². The fourth-order valence-corrected chi connectivity index (χ4v) is 5.58. The van der Waals surface area contributed by atoms with E-state index in [1.165, 1.54) is 43.0 Å².